The standard InChI is InChI=1S/C18H21N3O4/c1-12-19-7-8-21(12)11-14-4-2-3-13(9-14)10-20-17(22)15-5-6-16(25-15)18(23)24/h2-4,7-9,15-16H,5-6,10-11H2,1H3,(H,20,22)(H,23,24)/t15-,16+/m1/s1. The number of rotatable bonds is 6. The zero-order valence-corrected chi connectivity index (χ0v) is 14.0. The number of aliphatic carboxylic acids is 1. The molecular formula is C18H21N3O4. The van der Waals surface area contributed by atoms with Gasteiger partial charge in [0, 0.05) is 25.5 Å². The Morgan fingerprint density at radius 1 is 1.32 bits per heavy atom. The summed E-state index contributed by atoms with van der Waals surface area (Å²) in [6.07, 6.45) is 2.94. The molecule has 0 saturated carbocycles. The first kappa shape index (κ1) is 17.2. The third-order valence-electron chi connectivity index (χ3n) is 4.32. The van der Waals surface area contributed by atoms with Crippen LogP contribution >= 0.6 is 0 Å². The van der Waals surface area contributed by atoms with E-state index in [-0.39, 0.29) is 5.91 Å². The Balaban J connectivity index is 1.55. The predicted octanol–water partition coefficient (Wildman–Crippen LogP) is 1.49. The lowest BCUT2D eigenvalue weighted by Crippen LogP contribution is -2.35. The number of carbonyl (C=O) groups excluding carboxylic acids is 1. The topological polar surface area (TPSA) is 93.5 Å². The number of amides is 1. The van der Waals surface area contributed by atoms with Gasteiger partial charge in [-0.15, -0.1) is 0 Å². The average molecular weight is 343 g/mol. The summed E-state index contributed by atoms with van der Waals surface area (Å²) in [5.74, 6) is -0.331. The molecule has 1 aliphatic heterocycles. The fourth-order valence-electron chi connectivity index (χ4n) is 2.92. The third kappa shape index (κ3) is 4.24. The minimum atomic E-state index is -1.02. The van der Waals surface area contributed by atoms with Gasteiger partial charge in [0.25, 0.3) is 0 Å². The smallest absolute Gasteiger partial charge is 0.332 e. The highest BCUT2D eigenvalue weighted by Crippen LogP contribution is 2.20. The first-order chi connectivity index (χ1) is 12.0. The fraction of sp³-hybridized carbons (Fsp3) is 0.389. The summed E-state index contributed by atoms with van der Waals surface area (Å²) >= 11 is 0. The van der Waals surface area contributed by atoms with Crippen molar-refractivity contribution in [3.05, 3.63) is 53.6 Å². The number of carbonyl (C=O) groups is 2. The molecule has 0 unspecified atom stereocenters. The summed E-state index contributed by atoms with van der Waals surface area (Å²) in [5.41, 5.74) is 2.10. The highest BCUT2D eigenvalue weighted by atomic mass is 16.5. The van der Waals surface area contributed by atoms with Crippen LogP contribution in [0.3, 0.4) is 0 Å². The quantitative estimate of drug-likeness (QED) is 0.829. The Morgan fingerprint density at radius 2 is 2.08 bits per heavy atom. The molecule has 3 rings (SSSR count). The van der Waals surface area contributed by atoms with E-state index < -0.39 is 18.2 Å². The molecule has 1 fully saturated rings. The van der Waals surface area contributed by atoms with E-state index in [0.717, 1.165) is 23.5 Å². The maximum absolute atomic E-state index is 12.1. The predicted molar refractivity (Wildman–Crippen MR) is 89.9 cm³/mol. The number of carboxylic acid groups (broad SMARTS) is 1. The van der Waals surface area contributed by atoms with Crippen molar-refractivity contribution in [1.29, 1.82) is 0 Å². The van der Waals surface area contributed by atoms with Gasteiger partial charge in [-0.1, -0.05) is 24.3 Å². The van der Waals surface area contributed by atoms with E-state index in [1.165, 1.54) is 0 Å². The van der Waals surface area contributed by atoms with Crippen LogP contribution in [0.1, 0.15) is 29.8 Å². The first-order valence-electron chi connectivity index (χ1n) is 8.24. The Bertz CT molecular complexity index is 771. The lowest BCUT2D eigenvalue weighted by molar-refractivity contribution is -0.151. The molecule has 2 atom stereocenters. The molecule has 0 aliphatic carbocycles. The second-order valence-corrected chi connectivity index (χ2v) is 6.17. The van der Waals surface area contributed by atoms with Crippen LogP contribution in [0, 0.1) is 6.92 Å². The Labute approximate surface area is 145 Å². The molecule has 0 spiro atoms. The average Bonchev–Trinajstić information content (AvgIpc) is 3.23. The summed E-state index contributed by atoms with van der Waals surface area (Å²) in [6, 6.07) is 7.97. The van der Waals surface area contributed by atoms with Crippen molar-refractivity contribution in [1.82, 2.24) is 14.9 Å². The molecule has 2 aromatic rings. The van der Waals surface area contributed by atoms with Crippen LogP contribution in [0.25, 0.3) is 0 Å². The van der Waals surface area contributed by atoms with Crippen molar-refractivity contribution in [3.8, 4) is 0 Å². The molecule has 2 heterocycles. The molecule has 7 nitrogen and oxygen atoms in total. The molecule has 0 radical (unpaired) electrons. The number of nitrogens with zero attached hydrogens (tertiary/aromatic N) is 2. The normalized spacial score (nSPS) is 19.7. The summed E-state index contributed by atoms with van der Waals surface area (Å²) in [6.45, 7) is 3.06. The summed E-state index contributed by atoms with van der Waals surface area (Å²) < 4.78 is 7.31. The van der Waals surface area contributed by atoms with E-state index in [2.05, 4.69) is 14.9 Å². The Morgan fingerprint density at radius 3 is 2.76 bits per heavy atom. The minimum Gasteiger partial charge on any atom is -0.479 e. The van der Waals surface area contributed by atoms with Crippen LogP contribution in [-0.2, 0) is 27.4 Å². The van der Waals surface area contributed by atoms with Crippen molar-refractivity contribution in [2.75, 3.05) is 0 Å². The monoisotopic (exact) mass is 343 g/mol. The number of carboxylic acids is 1. The van der Waals surface area contributed by atoms with Gasteiger partial charge in [0.2, 0.25) is 5.91 Å². The second kappa shape index (κ2) is 7.48. The molecule has 1 amide bonds. The summed E-state index contributed by atoms with van der Waals surface area (Å²) in [5, 5.41) is 11.7. The van der Waals surface area contributed by atoms with Gasteiger partial charge in [-0.2, -0.15) is 0 Å². The summed E-state index contributed by atoms with van der Waals surface area (Å²) in [7, 11) is 0. The molecule has 1 aromatic carbocycles. The SMILES string of the molecule is Cc1nccn1Cc1cccc(CNC(=O)[C@H]2CC[C@@H](C(=O)O)O2)c1. The van der Waals surface area contributed by atoms with Gasteiger partial charge >= 0.3 is 5.97 Å². The van der Waals surface area contributed by atoms with E-state index in [1.54, 1.807) is 6.20 Å². The van der Waals surface area contributed by atoms with Crippen molar-refractivity contribution in [3.63, 3.8) is 0 Å². The Kier molecular flexibility index (Phi) is 5.14. The molecular weight excluding hydrogens is 322 g/mol. The number of hydrogen-bond donors (Lipinski definition) is 2. The van der Waals surface area contributed by atoms with Crippen LogP contribution in [-0.4, -0.2) is 38.7 Å². The molecule has 1 aliphatic rings. The molecule has 132 valence electrons. The summed E-state index contributed by atoms with van der Waals surface area (Å²) in [4.78, 5) is 27.2. The molecule has 2 N–H and O–H groups in total. The minimum absolute atomic E-state index is 0.264. The molecule has 1 aromatic heterocycles. The Hall–Kier alpha value is -2.67. The fourth-order valence-corrected chi connectivity index (χ4v) is 2.92. The highest BCUT2D eigenvalue weighted by molar-refractivity contribution is 5.82. The molecule has 7 heteroatoms. The van der Waals surface area contributed by atoms with Crippen molar-refractivity contribution in [2.45, 2.75) is 45.1 Å². The molecule has 1 saturated heterocycles. The van der Waals surface area contributed by atoms with E-state index in [0.29, 0.717) is 19.4 Å². The number of imidazole rings is 1. The maximum Gasteiger partial charge on any atom is 0.332 e. The van der Waals surface area contributed by atoms with E-state index in [4.69, 9.17) is 9.84 Å². The molecule has 25 heavy (non-hydrogen) atoms. The van der Waals surface area contributed by atoms with E-state index in [9.17, 15) is 9.59 Å². The highest BCUT2D eigenvalue weighted by Gasteiger charge is 2.34. The largest absolute Gasteiger partial charge is 0.479 e. The van der Waals surface area contributed by atoms with Crippen molar-refractivity contribution in [2.24, 2.45) is 0 Å². The number of benzene rings is 1. The number of ether oxygens (including phenoxy) is 1. The number of aryl methyl sites for hydroxylation is 1. The molecule has 0 bridgehead atoms. The lowest BCUT2D eigenvalue weighted by atomic mass is 10.1. The first-order valence-corrected chi connectivity index (χ1v) is 8.24. The zero-order valence-electron chi connectivity index (χ0n) is 14.0. The van der Waals surface area contributed by atoms with Gasteiger partial charge in [0.1, 0.15) is 11.9 Å². The zero-order chi connectivity index (χ0) is 17.8. The maximum atomic E-state index is 12.1. The van der Waals surface area contributed by atoms with Crippen LogP contribution in [0.15, 0.2) is 36.7 Å². The number of nitrogens with one attached hydrogen (secondary N) is 1. The number of hydrogen-bond acceptors (Lipinski definition) is 4. The van der Waals surface area contributed by atoms with Gasteiger partial charge in [-0.25, -0.2) is 9.78 Å². The van der Waals surface area contributed by atoms with Crippen molar-refractivity contribution >= 4 is 11.9 Å². The third-order valence-corrected chi connectivity index (χ3v) is 4.32. The van der Waals surface area contributed by atoms with Gasteiger partial charge in [-0.3, -0.25) is 4.79 Å². The van der Waals surface area contributed by atoms with Gasteiger partial charge < -0.3 is 19.7 Å². The van der Waals surface area contributed by atoms with Crippen LogP contribution in [0.5, 0.6) is 0 Å². The van der Waals surface area contributed by atoms with Crippen LogP contribution < -0.4 is 5.32 Å². The van der Waals surface area contributed by atoms with Crippen molar-refractivity contribution < 1.29 is 19.4 Å². The van der Waals surface area contributed by atoms with Crippen LogP contribution in [0.2, 0.25) is 0 Å². The van der Waals surface area contributed by atoms with Gasteiger partial charge in [0.05, 0.1) is 0 Å². The lowest BCUT2D eigenvalue weighted by Gasteiger charge is -2.12. The van der Waals surface area contributed by atoms with Gasteiger partial charge in [0.15, 0.2) is 6.10 Å². The van der Waals surface area contributed by atoms with Gasteiger partial charge in [-0.05, 0) is 30.9 Å². The van der Waals surface area contributed by atoms with Crippen LogP contribution in [0.4, 0.5) is 0 Å². The second-order valence-electron chi connectivity index (χ2n) is 6.17. The number of aromatic nitrogens is 2. The van der Waals surface area contributed by atoms with E-state index >= 15 is 0 Å². The van der Waals surface area contributed by atoms with E-state index in [1.807, 2.05) is 37.4 Å².